The molecule has 1 rings (SSSR count). The molecule has 6 nitrogen and oxygen atoms in total. The molecule has 0 saturated carbocycles. The highest BCUT2D eigenvalue weighted by Crippen LogP contribution is 2.10. The first-order valence-corrected chi connectivity index (χ1v) is 5.69. The molecule has 0 radical (unpaired) electrons. The molecule has 0 fully saturated rings. The first-order valence-electron chi connectivity index (χ1n) is 5.31. The Labute approximate surface area is 115 Å². The molecular weight excluding hydrogens is 270 g/mol. The predicted molar refractivity (Wildman–Crippen MR) is 69.4 cm³/mol. The summed E-state index contributed by atoms with van der Waals surface area (Å²) in [7, 11) is 1.49. The SMILES string of the molecule is COCCOC(=O)C(C#N)=CNc1ccc(Cl)cn1. The largest absolute Gasteiger partial charge is 0.459 e. The predicted octanol–water partition coefficient (Wildman–Crippen LogP) is 1.74. The fraction of sp³-hybridized carbons (Fsp3) is 0.250. The van der Waals surface area contributed by atoms with Gasteiger partial charge in [-0.1, -0.05) is 11.6 Å². The average molecular weight is 282 g/mol. The lowest BCUT2D eigenvalue weighted by molar-refractivity contribution is -0.139. The molecule has 100 valence electrons. The van der Waals surface area contributed by atoms with Crippen LogP contribution in [0.1, 0.15) is 0 Å². The van der Waals surface area contributed by atoms with Crippen molar-refractivity contribution in [2.45, 2.75) is 0 Å². The maximum atomic E-state index is 11.5. The van der Waals surface area contributed by atoms with Crippen LogP contribution in [-0.4, -0.2) is 31.3 Å². The number of ether oxygens (including phenoxy) is 2. The van der Waals surface area contributed by atoms with E-state index in [4.69, 9.17) is 26.3 Å². The van der Waals surface area contributed by atoms with E-state index in [0.29, 0.717) is 10.8 Å². The lowest BCUT2D eigenvalue weighted by Crippen LogP contribution is -2.12. The number of rotatable bonds is 6. The van der Waals surface area contributed by atoms with Gasteiger partial charge in [0.15, 0.2) is 5.57 Å². The van der Waals surface area contributed by atoms with Crippen LogP contribution < -0.4 is 5.32 Å². The van der Waals surface area contributed by atoms with Crippen molar-refractivity contribution in [1.82, 2.24) is 4.98 Å². The average Bonchev–Trinajstić information content (AvgIpc) is 2.42. The molecule has 1 heterocycles. The van der Waals surface area contributed by atoms with Crippen LogP contribution in [0.25, 0.3) is 0 Å². The van der Waals surface area contributed by atoms with E-state index in [2.05, 4.69) is 10.3 Å². The standard InChI is InChI=1S/C12H12ClN3O3/c1-18-4-5-19-12(17)9(6-14)7-15-11-3-2-10(13)8-16-11/h2-3,7-8H,4-5H2,1H3,(H,15,16). The van der Waals surface area contributed by atoms with Crippen LogP contribution in [0.3, 0.4) is 0 Å². The molecule has 1 aromatic rings. The molecule has 0 aliphatic rings. The van der Waals surface area contributed by atoms with Gasteiger partial charge in [-0.15, -0.1) is 0 Å². The van der Waals surface area contributed by atoms with Crippen molar-refractivity contribution < 1.29 is 14.3 Å². The molecule has 0 aromatic carbocycles. The molecular formula is C12H12ClN3O3. The molecule has 0 aliphatic carbocycles. The van der Waals surface area contributed by atoms with E-state index in [1.807, 2.05) is 0 Å². The van der Waals surface area contributed by atoms with E-state index in [0.717, 1.165) is 0 Å². The summed E-state index contributed by atoms with van der Waals surface area (Å²) in [6, 6.07) is 4.99. The summed E-state index contributed by atoms with van der Waals surface area (Å²) in [5.74, 6) is -0.261. The van der Waals surface area contributed by atoms with Crippen molar-refractivity contribution in [2.24, 2.45) is 0 Å². The van der Waals surface area contributed by atoms with E-state index in [1.54, 1.807) is 18.2 Å². The molecule has 19 heavy (non-hydrogen) atoms. The number of hydrogen-bond donors (Lipinski definition) is 1. The van der Waals surface area contributed by atoms with Gasteiger partial charge in [0.2, 0.25) is 0 Å². The molecule has 1 aromatic heterocycles. The molecule has 1 N–H and O–H groups in total. The number of methoxy groups -OCH3 is 1. The summed E-state index contributed by atoms with van der Waals surface area (Å²) in [6.07, 6.45) is 2.67. The second-order valence-corrected chi connectivity index (χ2v) is 3.74. The molecule has 0 spiro atoms. The Morgan fingerprint density at radius 3 is 2.95 bits per heavy atom. The number of anilines is 1. The number of carbonyl (C=O) groups is 1. The van der Waals surface area contributed by atoms with Gasteiger partial charge in [-0.25, -0.2) is 9.78 Å². The van der Waals surface area contributed by atoms with Gasteiger partial charge in [0.05, 0.1) is 11.6 Å². The van der Waals surface area contributed by atoms with Crippen LogP contribution in [0.15, 0.2) is 30.1 Å². The summed E-state index contributed by atoms with van der Waals surface area (Å²) < 4.78 is 9.54. The maximum Gasteiger partial charge on any atom is 0.350 e. The minimum atomic E-state index is -0.721. The highest BCUT2D eigenvalue weighted by atomic mass is 35.5. The highest BCUT2D eigenvalue weighted by molar-refractivity contribution is 6.30. The Morgan fingerprint density at radius 1 is 1.58 bits per heavy atom. The van der Waals surface area contributed by atoms with Gasteiger partial charge in [-0.3, -0.25) is 0 Å². The van der Waals surface area contributed by atoms with Gasteiger partial charge < -0.3 is 14.8 Å². The van der Waals surface area contributed by atoms with Crippen LogP contribution >= 0.6 is 11.6 Å². The van der Waals surface area contributed by atoms with E-state index >= 15 is 0 Å². The normalized spacial score (nSPS) is 10.7. The van der Waals surface area contributed by atoms with Crippen LogP contribution in [0.4, 0.5) is 5.82 Å². The lowest BCUT2D eigenvalue weighted by Gasteiger charge is -2.03. The van der Waals surface area contributed by atoms with E-state index in [1.165, 1.54) is 19.5 Å². The van der Waals surface area contributed by atoms with Gasteiger partial charge >= 0.3 is 5.97 Å². The third-order valence-corrected chi connectivity index (χ3v) is 2.18. The zero-order valence-electron chi connectivity index (χ0n) is 10.2. The highest BCUT2D eigenvalue weighted by Gasteiger charge is 2.10. The Morgan fingerprint density at radius 2 is 2.37 bits per heavy atom. The number of pyridine rings is 1. The number of nitriles is 1. The lowest BCUT2D eigenvalue weighted by atomic mass is 10.3. The minimum absolute atomic E-state index is 0.0908. The Balaban J connectivity index is 2.59. The first kappa shape index (κ1) is 15.0. The smallest absolute Gasteiger partial charge is 0.350 e. The summed E-state index contributed by atoms with van der Waals surface area (Å²) in [5.41, 5.74) is -0.159. The Bertz CT molecular complexity index is 494. The van der Waals surface area contributed by atoms with Crippen molar-refractivity contribution in [3.05, 3.63) is 35.1 Å². The number of esters is 1. The van der Waals surface area contributed by atoms with Crippen LogP contribution in [0.5, 0.6) is 0 Å². The monoisotopic (exact) mass is 281 g/mol. The number of halogens is 1. The minimum Gasteiger partial charge on any atom is -0.459 e. The molecule has 0 bridgehead atoms. The van der Waals surface area contributed by atoms with Gasteiger partial charge in [0.25, 0.3) is 0 Å². The van der Waals surface area contributed by atoms with Crippen LogP contribution in [0, 0.1) is 11.3 Å². The van der Waals surface area contributed by atoms with Crippen molar-refractivity contribution in [3.8, 4) is 6.07 Å². The van der Waals surface area contributed by atoms with Crippen molar-refractivity contribution in [3.63, 3.8) is 0 Å². The summed E-state index contributed by atoms with van der Waals surface area (Å²) in [4.78, 5) is 15.4. The van der Waals surface area contributed by atoms with E-state index in [-0.39, 0.29) is 18.8 Å². The number of aromatic nitrogens is 1. The van der Waals surface area contributed by atoms with E-state index in [9.17, 15) is 4.79 Å². The summed E-state index contributed by atoms with van der Waals surface area (Å²) in [5, 5.41) is 12.0. The van der Waals surface area contributed by atoms with Gasteiger partial charge in [-0.2, -0.15) is 5.26 Å². The van der Waals surface area contributed by atoms with Crippen molar-refractivity contribution in [2.75, 3.05) is 25.6 Å². The fourth-order valence-corrected chi connectivity index (χ4v) is 1.15. The third kappa shape index (κ3) is 5.38. The second kappa shape index (κ2) is 8.08. The van der Waals surface area contributed by atoms with Gasteiger partial charge in [-0.05, 0) is 12.1 Å². The summed E-state index contributed by atoms with van der Waals surface area (Å²) >= 11 is 5.68. The fourth-order valence-electron chi connectivity index (χ4n) is 1.04. The quantitative estimate of drug-likeness (QED) is 0.370. The maximum absolute atomic E-state index is 11.5. The van der Waals surface area contributed by atoms with E-state index < -0.39 is 5.97 Å². The number of carbonyl (C=O) groups excluding carboxylic acids is 1. The van der Waals surface area contributed by atoms with Crippen LogP contribution in [-0.2, 0) is 14.3 Å². The number of nitrogens with zero attached hydrogens (tertiary/aromatic N) is 2. The third-order valence-electron chi connectivity index (χ3n) is 1.95. The number of hydrogen-bond acceptors (Lipinski definition) is 6. The topological polar surface area (TPSA) is 84.2 Å². The zero-order chi connectivity index (χ0) is 14.1. The summed E-state index contributed by atoms with van der Waals surface area (Å²) in [6.45, 7) is 0.365. The first-order chi connectivity index (χ1) is 9.17. The second-order valence-electron chi connectivity index (χ2n) is 3.30. The molecule has 0 unspecified atom stereocenters. The molecule has 0 aliphatic heterocycles. The molecule has 0 saturated heterocycles. The zero-order valence-corrected chi connectivity index (χ0v) is 11.0. The molecule has 7 heteroatoms. The number of nitrogens with one attached hydrogen (secondary N) is 1. The molecule has 0 atom stereocenters. The van der Waals surface area contributed by atoms with Crippen LogP contribution in [0.2, 0.25) is 5.02 Å². The van der Waals surface area contributed by atoms with Crippen molar-refractivity contribution >= 4 is 23.4 Å². The Kier molecular flexibility index (Phi) is 6.36. The molecule has 0 amide bonds. The van der Waals surface area contributed by atoms with Gasteiger partial charge in [0.1, 0.15) is 18.5 Å². The van der Waals surface area contributed by atoms with Gasteiger partial charge in [0, 0.05) is 19.5 Å². The van der Waals surface area contributed by atoms with Crippen molar-refractivity contribution in [1.29, 1.82) is 5.26 Å². The Hall–Kier alpha value is -2.10.